The molecule has 5 nitrogen and oxygen atoms in total. The second-order valence-corrected chi connectivity index (χ2v) is 3.89. The summed E-state index contributed by atoms with van der Waals surface area (Å²) in [5.41, 5.74) is 5.64. The molecule has 3 N–H and O–H groups in total. The van der Waals surface area contributed by atoms with Crippen LogP contribution in [0.25, 0.3) is 0 Å². The van der Waals surface area contributed by atoms with Gasteiger partial charge in [-0.3, -0.25) is 5.10 Å². The van der Waals surface area contributed by atoms with Gasteiger partial charge in [-0.15, -0.1) is 5.10 Å². The Morgan fingerprint density at radius 2 is 2.21 bits per heavy atom. The van der Waals surface area contributed by atoms with Gasteiger partial charge < -0.3 is 10.6 Å². The molecule has 0 atom stereocenters. The van der Waals surface area contributed by atoms with E-state index in [1.807, 2.05) is 6.92 Å². The van der Waals surface area contributed by atoms with E-state index in [-0.39, 0.29) is 0 Å². The molecule has 5 heteroatoms. The highest BCUT2D eigenvalue weighted by molar-refractivity contribution is 5.28. The van der Waals surface area contributed by atoms with E-state index in [0.29, 0.717) is 5.92 Å². The van der Waals surface area contributed by atoms with Gasteiger partial charge in [0.2, 0.25) is 5.95 Å². The quantitative estimate of drug-likeness (QED) is 0.711. The molecule has 0 unspecified atom stereocenters. The van der Waals surface area contributed by atoms with E-state index >= 15 is 0 Å². The van der Waals surface area contributed by atoms with Crippen LogP contribution in [-0.4, -0.2) is 34.8 Å². The standard InChI is InChI=1S/C9H17N5/c1-7-11-9(13-12-7)14-4-2-8(6-10)3-5-14/h8H,2-6,10H2,1H3,(H,11,12,13). The van der Waals surface area contributed by atoms with E-state index in [2.05, 4.69) is 20.1 Å². The molecule has 0 aliphatic carbocycles. The zero-order valence-electron chi connectivity index (χ0n) is 8.53. The summed E-state index contributed by atoms with van der Waals surface area (Å²) in [6.07, 6.45) is 2.31. The number of aromatic amines is 1. The number of aromatic nitrogens is 3. The number of hydrogen-bond donors (Lipinski definition) is 2. The van der Waals surface area contributed by atoms with Crippen LogP contribution in [-0.2, 0) is 0 Å². The third-order valence-corrected chi connectivity index (χ3v) is 2.82. The fourth-order valence-corrected chi connectivity index (χ4v) is 1.84. The van der Waals surface area contributed by atoms with Gasteiger partial charge in [-0.25, -0.2) is 0 Å². The van der Waals surface area contributed by atoms with Crippen LogP contribution in [0.3, 0.4) is 0 Å². The summed E-state index contributed by atoms with van der Waals surface area (Å²) < 4.78 is 0. The van der Waals surface area contributed by atoms with Crippen LogP contribution in [0.5, 0.6) is 0 Å². The van der Waals surface area contributed by atoms with Gasteiger partial charge in [-0.05, 0) is 32.2 Å². The molecule has 0 aromatic carbocycles. The molecule has 2 rings (SSSR count). The van der Waals surface area contributed by atoms with Gasteiger partial charge in [0.05, 0.1) is 0 Å². The summed E-state index contributed by atoms with van der Waals surface area (Å²) in [6, 6.07) is 0. The minimum absolute atomic E-state index is 0.686. The van der Waals surface area contributed by atoms with Crippen LogP contribution in [0.1, 0.15) is 18.7 Å². The van der Waals surface area contributed by atoms with Crippen molar-refractivity contribution >= 4 is 5.95 Å². The third-order valence-electron chi connectivity index (χ3n) is 2.82. The molecule has 0 spiro atoms. The molecule has 78 valence electrons. The Balaban J connectivity index is 1.95. The van der Waals surface area contributed by atoms with Crippen LogP contribution in [0.4, 0.5) is 5.95 Å². The molecule has 0 saturated carbocycles. The lowest BCUT2D eigenvalue weighted by molar-refractivity contribution is 0.411. The van der Waals surface area contributed by atoms with Gasteiger partial charge in [0.25, 0.3) is 0 Å². The van der Waals surface area contributed by atoms with Crippen molar-refractivity contribution in [3.63, 3.8) is 0 Å². The van der Waals surface area contributed by atoms with Crippen molar-refractivity contribution in [2.24, 2.45) is 11.7 Å². The van der Waals surface area contributed by atoms with Crippen molar-refractivity contribution in [1.82, 2.24) is 15.2 Å². The van der Waals surface area contributed by atoms with Gasteiger partial charge in [-0.1, -0.05) is 0 Å². The van der Waals surface area contributed by atoms with Gasteiger partial charge >= 0.3 is 0 Å². The predicted octanol–water partition coefficient (Wildman–Crippen LogP) is 0.288. The lowest BCUT2D eigenvalue weighted by Crippen LogP contribution is -2.36. The molecule has 1 aromatic heterocycles. The van der Waals surface area contributed by atoms with Crippen molar-refractivity contribution < 1.29 is 0 Å². The highest BCUT2D eigenvalue weighted by atomic mass is 15.4. The van der Waals surface area contributed by atoms with Crippen molar-refractivity contribution in [2.75, 3.05) is 24.5 Å². The van der Waals surface area contributed by atoms with Crippen molar-refractivity contribution in [1.29, 1.82) is 0 Å². The van der Waals surface area contributed by atoms with Crippen molar-refractivity contribution in [3.8, 4) is 0 Å². The zero-order valence-corrected chi connectivity index (χ0v) is 8.53. The molecular weight excluding hydrogens is 178 g/mol. The van der Waals surface area contributed by atoms with Gasteiger partial charge in [-0.2, -0.15) is 4.98 Å². The first-order valence-corrected chi connectivity index (χ1v) is 5.13. The second kappa shape index (κ2) is 3.96. The molecule has 1 fully saturated rings. The molecule has 1 saturated heterocycles. The fourth-order valence-electron chi connectivity index (χ4n) is 1.84. The van der Waals surface area contributed by atoms with E-state index in [1.165, 1.54) is 0 Å². The molecule has 14 heavy (non-hydrogen) atoms. The smallest absolute Gasteiger partial charge is 0.244 e. The number of nitrogens with one attached hydrogen (secondary N) is 1. The van der Waals surface area contributed by atoms with Crippen LogP contribution >= 0.6 is 0 Å². The number of nitrogens with two attached hydrogens (primary N) is 1. The van der Waals surface area contributed by atoms with Crippen LogP contribution in [0, 0.1) is 12.8 Å². The topological polar surface area (TPSA) is 70.8 Å². The van der Waals surface area contributed by atoms with Crippen LogP contribution in [0.15, 0.2) is 0 Å². The first-order valence-electron chi connectivity index (χ1n) is 5.13. The highest BCUT2D eigenvalue weighted by Crippen LogP contribution is 2.19. The molecule has 0 bridgehead atoms. The van der Waals surface area contributed by atoms with Crippen LogP contribution in [0.2, 0.25) is 0 Å². The Morgan fingerprint density at radius 3 is 2.71 bits per heavy atom. The number of rotatable bonds is 2. The summed E-state index contributed by atoms with van der Waals surface area (Å²) in [6.45, 7) is 4.78. The molecule has 1 aliphatic heterocycles. The predicted molar refractivity (Wildman–Crippen MR) is 55.1 cm³/mol. The minimum atomic E-state index is 0.686. The monoisotopic (exact) mass is 195 g/mol. The largest absolute Gasteiger partial charge is 0.340 e. The average Bonchev–Trinajstić information content (AvgIpc) is 2.65. The number of H-pyrrole nitrogens is 1. The van der Waals surface area contributed by atoms with E-state index in [9.17, 15) is 0 Å². The van der Waals surface area contributed by atoms with Gasteiger partial charge in [0.15, 0.2) is 0 Å². The third kappa shape index (κ3) is 1.87. The maximum atomic E-state index is 5.64. The molecular formula is C9H17N5. The molecule has 1 aromatic rings. The normalized spacial score (nSPS) is 18.9. The molecule has 2 heterocycles. The van der Waals surface area contributed by atoms with E-state index in [0.717, 1.165) is 44.2 Å². The number of aryl methyl sites for hydroxylation is 1. The summed E-state index contributed by atoms with van der Waals surface area (Å²) in [4.78, 5) is 6.53. The Kier molecular flexibility index (Phi) is 2.67. The first-order chi connectivity index (χ1) is 6.79. The Bertz CT molecular complexity index is 287. The van der Waals surface area contributed by atoms with E-state index in [1.54, 1.807) is 0 Å². The Labute approximate surface area is 83.7 Å². The summed E-state index contributed by atoms with van der Waals surface area (Å²) in [7, 11) is 0. The summed E-state index contributed by atoms with van der Waals surface area (Å²) >= 11 is 0. The Morgan fingerprint density at radius 1 is 1.50 bits per heavy atom. The number of nitrogens with zero attached hydrogens (tertiary/aromatic N) is 3. The summed E-state index contributed by atoms with van der Waals surface area (Å²) in [5.74, 6) is 2.39. The molecule has 1 aliphatic rings. The average molecular weight is 195 g/mol. The van der Waals surface area contributed by atoms with Crippen LogP contribution < -0.4 is 10.6 Å². The molecule has 0 amide bonds. The highest BCUT2D eigenvalue weighted by Gasteiger charge is 2.20. The van der Waals surface area contributed by atoms with Crippen molar-refractivity contribution in [2.45, 2.75) is 19.8 Å². The lowest BCUT2D eigenvalue weighted by atomic mass is 9.97. The maximum Gasteiger partial charge on any atom is 0.244 e. The van der Waals surface area contributed by atoms with E-state index in [4.69, 9.17) is 5.73 Å². The second-order valence-electron chi connectivity index (χ2n) is 3.89. The Hall–Kier alpha value is -1.10. The maximum absolute atomic E-state index is 5.64. The van der Waals surface area contributed by atoms with Gasteiger partial charge in [0.1, 0.15) is 5.82 Å². The summed E-state index contributed by atoms with van der Waals surface area (Å²) in [5, 5.41) is 7.01. The molecule has 0 radical (unpaired) electrons. The fraction of sp³-hybridized carbons (Fsp3) is 0.778. The SMILES string of the molecule is Cc1nc(N2CCC(CN)CC2)n[nH]1. The van der Waals surface area contributed by atoms with Gasteiger partial charge in [0, 0.05) is 13.1 Å². The van der Waals surface area contributed by atoms with Crippen molar-refractivity contribution in [3.05, 3.63) is 5.82 Å². The number of piperidine rings is 1. The number of anilines is 1. The lowest BCUT2D eigenvalue weighted by Gasteiger charge is -2.30. The first kappa shape index (κ1) is 9.45. The minimum Gasteiger partial charge on any atom is -0.340 e. The number of hydrogen-bond acceptors (Lipinski definition) is 4. The van der Waals surface area contributed by atoms with E-state index < -0.39 is 0 Å². The zero-order chi connectivity index (χ0) is 9.97.